The van der Waals surface area contributed by atoms with Crippen molar-refractivity contribution in [2.75, 3.05) is 32.7 Å². The Bertz CT molecular complexity index is 1340. The number of piperazine rings is 1. The van der Waals surface area contributed by atoms with E-state index in [2.05, 4.69) is 20.6 Å². The molecular formula is C29H39ClF3N3O5S. The van der Waals surface area contributed by atoms with Crippen molar-refractivity contribution in [3.05, 3.63) is 70.5 Å². The Morgan fingerprint density at radius 2 is 1.74 bits per heavy atom. The van der Waals surface area contributed by atoms with Gasteiger partial charge < -0.3 is 13.8 Å². The summed E-state index contributed by atoms with van der Waals surface area (Å²) in [6, 6.07) is 8.15. The van der Waals surface area contributed by atoms with Gasteiger partial charge in [0.15, 0.2) is 0 Å². The van der Waals surface area contributed by atoms with Crippen molar-refractivity contribution in [1.82, 2.24) is 14.8 Å². The van der Waals surface area contributed by atoms with Crippen LogP contribution in [0.5, 0.6) is 0 Å². The molecule has 2 aromatic rings. The normalized spacial score (nSPS) is 15.3. The first-order valence-corrected chi connectivity index (χ1v) is 15.4. The number of pyridine rings is 1. The molecule has 0 saturated carbocycles. The molecule has 8 nitrogen and oxygen atoms in total. The maximum absolute atomic E-state index is 13.0. The molecule has 1 aliphatic heterocycles. The number of carbonyl (C=O) groups excluding carboxylic acids is 1. The van der Waals surface area contributed by atoms with Crippen LogP contribution in [0.4, 0.5) is 18.0 Å². The van der Waals surface area contributed by atoms with E-state index in [4.69, 9.17) is 16.3 Å². The van der Waals surface area contributed by atoms with Crippen molar-refractivity contribution in [2.24, 2.45) is 0 Å². The lowest BCUT2D eigenvalue weighted by molar-refractivity contribution is -0.0509. The van der Waals surface area contributed by atoms with Gasteiger partial charge in [-0.1, -0.05) is 44.2 Å². The summed E-state index contributed by atoms with van der Waals surface area (Å²) in [5, 5.41) is 0.169. The van der Waals surface area contributed by atoms with Gasteiger partial charge in [-0.05, 0) is 70.0 Å². The molecular weight excluding hydrogens is 595 g/mol. The predicted molar refractivity (Wildman–Crippen MR) is 158 cm³/mol. The predicted octanol–water partition coefficient (Wildman–Crippen LogP) is 6.98. The van der Waals surface area contributed by atoms with E-state index in [1.54, 1.807) is 29.3 Å². The zero-order valence-corrected chi connectivity index (χ0v) is 26.4. The van der Waals surface area contributed by atoms with E-state index in [9.17, 15) is 26.4 Å². The van der Waals surface area contributed by atoms with Gasteiger partial charge in [-0.15, -0.1) is 0 Å². The molecule has 1 unspecified atom stereocenters. The molecule has 1 aromatic heterocycles. The standard InChI is InChI=1S/C27H33ClF3N3O5S.C2H6/c1-18-7-6-11-32-24(18)22(10-12-33-13-15-34(16-14-33)25(35)38-26(3,4)5)21-9-8-20(28)17-23(21)19(2)39-40(36,37)27(29,30)31;1-2/h6-9,11,17,22H,2,10,12-16H2,1,3-5H3;1-2H3. The number of aromatic nitrogens is 1. The van der Waals surface area contributed by atoms with Gasteiger partial charge in [-0.3, -0.25) is 9.88 Å². The number of alkyl halides is 3. The van der Waals surface area contributed by atoms with Crippen LogP contribution in [0.15, 0.2) is 43.1 Å². The van der Waals surface area contributed by atoms with E-state index >= 15 is 0 Å². The molecule has 1 amide bonds. The molecule has 13 heteroatoms. The van der Waals surface area contributed by atoms with Gasteiger partial charge in [-0.25, -0.2) is 4.79 Å². The Labute approximate surface area is 251 Å². The first-order valence-electron chi connectivity index (χ1n) is 13.6. The molecule has 1 aromatic carbocycles. The zero-order valence-electron chi connectivity index (χ0n) is 24.8. The lowest BCUT2D eigenvalue weighted by Gasteiger charge is -2.36. The number of benzene rings is 1. The first-order chi connectivity index (χ1) is 19.5. The number of rotatable bonds is 8. The summed E-state index contributed by atoms with van der Waals surface area (Å²) in [7, 11) is -5.94. The van der Waals surface area contributed by atoms with E-state index in [0.29, 0.717) is 50.4 Å². The highest BCUT2D eigenvalue weighted by Gasteiger charge is 2.49. The second-order valence-corrected chi connectivity index (χ2v) is 12.5. The van der Waals surface area contributed by atoms with Crippen LogP contribution < -0.4 is 0 Å². The summed E-state index contributed by atoms with van der Waals surface area (Å²) < 4.78 is 72.3. The van der Waals surface area contributed by atoms with Crippen molar-refractivity contribution < 1.29 is 35.3 Å². The quantitative estimate of drug-likeness (QED) is 0.176. The molecule has 0 radical (unpaired) electrons. The van der Waals surface area contributed by atoms with Crippen LogP contribution >= 0.6 is 11.6 Å². The Morgan fingerprint density at radius 3 is 2.29 bits per heavy atom. The number of carbonyl (C=O) groups is 1. The van der Waals surface area contributed by atoms with Gasteiger partial charge >= 0.3 is 21.7 Å². The zero-order chi connectivity index (χ0) is 31.9. The summed E-state index contributed by atoms with van der Waals surface area (Å²) in [5.74, 6) is -1.15. The molecule has 2 heterocycles. The minimum atomic E-state index is -5.94. The third kappa shape index (κ3) is 9.60. The van der Waals surface area contributed by atoms with Crippen LogP contribution in [-0.2, 0) is 19.0 Å². The first kappa shape index (κ1) is 35.4. The maximum atomic E-state index is 13.0. The fourth-order valence-electron chi connectivity index (χ4n) is 4.39. The summed E-state index contributed by atoms with van der Waals surface area (Å²) in [6.45, 7) is 17.5. The second kappa shape index (κ2) is 14.6. The molecule has 3 rings (SSSR count). The number of nitrogens with zero attached hydrogens (tertiary/aromatic N) is 3. The number of aryl methyl sites for hydroxylation is 1. The number of ether oxygens (including phenoxy) is 1. The van der Waals surface area contributed by atoms with Crippen LogP contribution in [0.1, 0.15) is 69.3 Å². The fourth-order valence-corrected chi connectivity index (χ4v) is 5.01. The maximum Gasteiger partial charge on any atom is 0.534 e. The molecule has 234 valence electrons. The number of hydrogen-bond donors (Lipinski definition) is 0. The summed E-state index contributed by atoms with van der Waals surface area (Å²) in [6.07, 6.45) is 1.73. The highest BCUT2D eigenvalue weighted by atomic mass is 35.5. The van der Waals surface area contributed by atoms with Gasteiger partial charge in [-0.2, -0.15) is 21.6 Å². The van der Waals surface area contributed by atoms with E-state index < -0.39 is 32.9 Å². The van der Waals surface area contributed by atoms with Crippen LogP contribution in [0.25, 0.3) is 5.76 Å². The summed E-state index contributed by atoms with van der Waals surface area (Å²) in [5.41, 5.74) is -4.19. The Kier molecular flexibility index (Phi) is 12.3. The van der Waals surface area contributed by atoms with Gasteiger partial charge in [0.1, 0.15) is 11.4 Å². The molecule has 42 heavy (non-hydrogen) atoms. The second-order valence-electron chi connectivity index (χ2n) is 10.5. The summed E-state index contributed by atoms with van der Waals surface area (Å²) in [4.78, 5) is 20.8. The molecule has 0 bridgehead atoms. The average molecular weight is 634 g/mol. The van der Waals surface area contributed by atoms with Crippen molar-refractivity contribution in [3.8, 4) is 0 Å². The topological polar surface area (TPSA) is 89.0 Å². The Balaban J connectivity index is 0.00000301. The molecule has 0 spiro atoms. The highest BCUT2D eigenvalue weighted by Crippen LogP contribution is 2.37. The molecule has 1 fully saturated rings. The third-order valence-electron chi connectivity index (χ3n) is 6.32. The Morgan fingerprint density at radius 1 is 1.12 bits per heavy atom. The van der Waals surface area contributed by atoms with Crippen molar-refractivity contribution >= 4 is 33.6 Å². The highest BCUT2D eigenvalue weighted by molar-refractivity contribution is 7.87. The average Bonchev–Trinajstić information content (AvgIpc) is 2.90. The fraction of sp³-hybridized carbons (Fsp3) is 0.517. The minimum absolute atomic E-state index is 0.0325. The van der Waals surface area contributed by atoms with Crippen molar-refractivity contribution in [1.29, 1.82) is 0 Å². The number of hydrogen-bond acceptors (Lipinski definition) is 7. The van der Waals surface area contributed by atoms with Crippen LogP contribution in [0.2, 0.25) is 5.02 Å². The van der Waals surface area contributed by atoms with Gasteiger partial charge in [0.05, 0.1) is 5.69 Å². The van der Waals surface area contributed by atoms with Crippen LogP contribution in [-0.4, -0.2) is 73.1 Å². The number of amides is 1. The minimum Gasteiger partial charge on any atom is -0.444 e. The van der Waals surface area contributed by atoms with Crippen LogP contribution in [0, 0.1) is 6.92 Å². The smallest absolute Gasteiger partial charge is 0.444 e. The van der Waals surface area contributed by atoms with E-state index in [-0.39, 0.29) is 16.7 Å². The lowest BCUT2D eigenvalue weighted by Crippen LogP contribution is -2.50. The monoisotopic (exact) mass is 633 g/mol. The SMILES string of the molecule is C=C(OS(=O)(=O)C(F)(F)F)c1cc(Cl)ccc1C(CCN1CCN(C(=O)OC(C)(C)C)CC1)c1ncccc1C.CC. The van der Waals surface area contributed by atoms with Crippen molar-refractivity contribution in [2.45, 2.75) is 65.0 Å². The van der Waals surface area contributed by atoms with E-state index in [0.717, 1.165) is 5.56 Å². The van der Waals surface area contributed by atoms with E-state index in [1.165, 1.54) is 6.07 Å². The van der Waals surface area contributed by atoms with Gasteiger partial charge in [0.25, 0.3) is 0 Å². The summed E-state index contributed by atoms with van der Waals surface area (Å²) >= 11 is 6.15. The molecule has 0 aliphatic carbocycles. The largest absolute Gasteiger partial charge is 0.534 e. The molecule has 0 N–H and O–H groups in total. The van der Waals surface area contributed by atoms with Gasteiger partial charge in [0, 0.05) is 48.9 Å². The lowest BCUT2D eigenvalue weighted by atomic mass is 9.86. The molecule has 1 aliphatic rings. The molecule has 1 atom stereocenters. The number of halogens is 4. The van der Waals surface area contributed by atoms with Crippen LogP contribution in [0.3, 0.4) is 0 Å². The van der Waals surface area contributed by atoms with E-state index in [1.807, 2.05) is 47.6 Å². The van der Waals surface area contributed by atoms with Gasteiger partial charge in [0.2, 0.25) is 0 Å². The Hall–Kier alpha value is -2.83. The molecule has 1 saturated heterocycles. The third-order valence-corrected chi connectivity index (χ3v) is 7.55. The van der Waals surface area contributed by atoms with Crippen molar-refractivity contribution in [3.63, 3.8) is 0 Å².